The Hall–Kier alpha value is -1.76. The van der Waals surface area contributed by atoms with Gasteiger partial charge in [-0.2, -0.15) is 13.2 Å². The normalized spacial score (nSPS) is 18.8. The number of likely N-dealkylation sites (tertiary alicyclic amines) is 1. The molecule has 130 valence electrons. The van der Waals surface area contributed by atoms with Crippen molar-refractivity contribution in [2.24, 2.45) is 5.92 Å². The molecule has 1 saturated heterocycles. The van der Waals surface area contributed by atoms with Gasteiger partial charge in [-0.25, -0.2) is 4.98 Å². The van der Waals surface area contributed by atoms with Crippen molar-refractivity contribution in [3.05, 3.63) is 34.7 Å². The minimum absolute atomic E-state index is 0.0291. The van der Waals surface area contributed by atoms with Gasteiger partial charge in [0.05, 0.1) is 29.0 Å². The monoisotopic (exact) mass is 359 g/mol. The maximum absolute atomic E-state index is 13.0. The number of halogens is 4. The van der Waals surface area contributed by atoms with Crippen LogP contribution in [0.5, 0.6) is 0 Å². The summed E-state index contributed by atoms with van der Waals surface area (Å²) in [5.41, 5.74) is -0.0595. The minimum Gasteiger partial charge on any atom is -0.337 e. The Morgan fingerprint density at radius 3 is 2.83 bits per heavy atom. The SMILES string of the molecule is CCCC1CC(=O)N(Cc2cnc3c(Cl)cc(C(F)(F)F)cn23)C1. The van der Waals surface area contributed by atoms with Gasteiger partial charge < -0.3 is 9.30 Å². The van der Waals surface area contributed by atoms with Crippen molar-refractivity contribution in [2.75, 3.05) is 6.54 Å². The molecule has 1 aliphatic rings. The maximum Gasteiger partial charge on any atom is 0.417 e. The lowest BCUT2D eigenvalue weighted by Gasteiger charge is -2.17. The Kier molecular flexibility index (Phi) is 4.46. The number of hydrogen-bond acceptors (Lipinski definition) is 2. The molecular formula is C16H17ClF3N3O. The van der Waals surface area contributed by atoms with Crippen LogP contribution >= 0.6 is 11.6 Å². The number of fused-ring (bicyclic) bond motifs is 1. The average molecular weight is 360 g/mol. The van der Waals surface area contributed by atoms with Crippen LogP contribution in [-0.4, -0.2) is 26.7 Å². The molecule has 1 fully saturated rings. The fourth-order valence-corrected chi connectivity index (χ4v) is 3.43. The van der Waals surface area contributed by atoms with Crippen molar-refractivity contribution in [3.8, 4) is 0 Å². The van der Waals surface area contributed by atoms with Gasteiger partial charge in [-0.1, -0.05) is 24.9 Å². The summed E-state index contributed by atoms with van der Waals surface area (Å²) >= 11 is 5.93. The first-order valence-corrected chi connectivity index (χ1v) is 8.17. The second-order valence-electron chi connectivity index (χ2n) is 6.15. The second kappa shape index (κ2) is 6.27. The summed E-state index contributed by atoms with van der Waals surface area (Å²) in [5.74, 6) is 0.345. The van der Waals surface area contributed by atoms with E-state index in [0.29, 0.717) is 24.6 Å². The van der Waals surface area contributed by atoms with E-state index in [-0.39, 0.29) is 23.1 Å². The molecule has 0 aliphatic carbocycles. The highest BCUT2D eigenvalue weighted by atomic mass is 35.5. The molecule has 24 heavy (non-hydrogen) atoms. The molecule has 0 bridgehead atoms. The molecule has 1 aliphatic heterocycles. The number of hydrogen-bond donors (Lipinski definition) is 0. The van der Waals surface area contributed by atoms with Crippen molar-refractivity contribution in [3.63, 3.8) is 0 Å². The highest BCUT2D eigenvalue weighted by Gasteiger charge is 2.33. The van der Waals surface area contributed by atoms with Crippen LogP contribution in [0.15, 0.2) is 18.5 Å². The lowest BCUT2D eigenvalue weighted by molar-refractivity contribution is -0.138. The van der Waals surface area contributed by atoms with Gasteiger partial charge in [0.1, 0.15) is 0 Å². The Labute approximate surface area is 142 Å². The highest BCUT2D eigenvalue weighted by molar-refractivity contribution is 6.33. The van der Waals surface area contributed by atoms with E-state index in [1.165, 1.54) is 10.6 Å². The summed E-state index contributed by atoms with van der Waals surface area (Å²) in [6.45, 7) is 2.93. The van der Waals surface area contributed by atoms with Crippen molar-refractivity contribution < 1.29 is 18.0 Å². The van der Waals surface area contributed by atoms with Gasteiger partial charge in [0, 0.05) is 19.2 Å². The lowest BCUT2D eigenvalue weighted by Crippen LogP contribution is -2.25. The number of amides is 1. The summed E-state index contributed by atoms with van der Waals surface area (Å²) < 4.78 is 40.3. The Morgan fingerprint density at radius 1 is 1.42 bits per heavy atom. The van der Waals surface area contributed by atoms with Gasteiger partial charge in [-0.15, -0.1) is 0 Å². The minimum atomic E-state index is -4.49. The molecule has 2 aromatic heterocycles. The third-order valence-corrected chi connectivity index (χ3v) is 4.59. The Balaban J connectivity index is 1.90. The van der Waals surface area contributed by atoms with E-state index >= 15 is 0 Å². The van der Waals surface area contributed by atoms with Crippen LogP contribution in [-0.2, 0) is 17.5 Å². The van der Waals surface area contributed by atoms with Crippen LogP contribution in [0.1, 0.15) is 37.4 Å². The average Bonchev–Trinajstić information content (AvgIpc) is 3.04. The number of alkyl halides is 3. The van der Waals surface area contributed by atoms with Crippen LogP contribution in [0.4, 0.5) is 13.2 Å². The summed E-state index contributed by atoms with van der Waals surface area (Å²) in [6.07, 6.45) is 0.439. The second-order valence-corrected chi connectivity index (χ2v) is 6.56. The van der Waals surface area contributed by atoms with Gasteiger partial charge in [0.15, 0.2) is 5.65 Å². The predicted molar refractivity (Wildman–Crippen MR) is 83.6 cm³/mol. The molecule has 3 heterocycles. The number of aromatic nitrogens is 2. The zero-order chi connectivity index (χ0) is 17.5. The molecule has 1 amide bonds. The van der Waals surface area contributed by atoms with Crippen molar-refractivity contribution in [2.45, 2.75) is 38.9 Å². The zero-order valence-corrected chi connectivity index (χ0v) is 13.9. The number of carbonyl (C=O) groups is 1. The number of carbonyl (C=O) groups excluding carboxylic acids is 1. The third-order valence-electron chi connectivity index (χ3n) is 4.31. The van der Waals surface area contributed by atoms with E-state index in [9.17, 15) is 18.0 Å². The van der Waals surface area contributed by atoms with Crippen LogP contribution in [0.25, 0.3) is 5.65 Å². The standard InChI is InChI=1S/C16H17ClF3N3O/c1-2-3-10-4-14(24)22(7-10)9-12-6-21-15-13(17)5-11(8-23(12)15)16(18,19)20/h5-6,8,10H,2-4,7,9H2,1H3. The Morgan fingerprint density at radius 2 is 2.17 bits per heavy atom. The fourth-order valence-electron chi connectivity index (χ4n) is 3.17. The van der Waals surface area contributed by atoms with Gasteiger partial charge in [-0.3, -0.25) is 4.79 Å². The van der Waals surface area contributed by atoms with E-state index in [1.807, 2.05) is 0 Å². The molecule has 1 unspecified atom stereocenters. The van der Waals surface area contributed by atoms with E-state index in [1.54, 1.807) is 4.90 Å². The summed E-state index contributed by atoms with van der Waals surface area (Å²) in [6, 6.07) is 0.867. The van der Waals surface area contributed by atoms with Gasteiger partial charge in [0.25, 0.3) is 0 Å². The van der Waals surface area contributed by atoms with Gasteiger partial charge in [0.2, 0.25) is 5.91 Å². The number of imidazole rings is 1. The third kappa shape index (κ3) is 3.22. The van der Waals surface area contributed by atoms with Crippen LogP contribution in [0.2, 0.25) is 5.02 Å². The smallest absolute Gasteiger partial charge is 0.337 e. The molecule has 0 radical (unpaired) electrons. The molecule has 0 aromatic carbocycles. The number of nitrogens with zero attached hydrogens (tertiary/aromatic N) is 3. The fraction of sp³-hybridized carbons (Fsp3) is 0.500. The first-order valence-electron chi connectivity index (χ1n) is 7.80. The molecule has 4 nitrogen and oxygen atoms in total. The first kappa shape index (κ1) is 17.1. The summed E-state index contributed by atoms with van der Waals surface area (Å²) in [7, 11) is 0. The maximum atomic E-state index is 13.0. The van der Waals surface area contributed by atoms with Gasteiger partial charge >= 0.3 is 6.18 Å². The van der Waals surface area contributed by atoms with E-state index in [0.717, 1.165) is 25.1 Å². The molecule has 2 aromatic rings. The molecular weight excluding hydrogens is 343 g/mol. The molecule has 3 rings (SSSR count). The lowest BCUT2D eigenvalue weighted by atomic mass is 10.0. The van der Waals surface area contributed by atoms with E-state index < -0.39 is 11.7 Å². The molecule has 0 saturated carbocycles. The van der Waals surface area contributed by atoms with E-state index in [4.69, 9.17) is 11.6 Å². The largest absolute Gasteiger partial charge is 0.417 e. The van der Waals surface area contributed by atoms with Crippen LogP contribution in [0.3, 0.4) is 0 Å². The van der Waals surface area contributed by atoms with E-state index in [2.05, 4.69) is 11.9 Å². The van der Waals surface area contributed by atoms with Crippen LogP contribution < -0.4 is 0 Å². The van der Waals surface area contributed by atoms with Crippen molar-refractivity contribution >= 4 is 23.2 Å². The predicted octanol–water partition coefficient (Wildman–Crippen LogP) is 4.16. The molecule has 0 N–H and O–H groups in total. The van der Waals surface area contributed by atoms with Crippen molar-refractivity contribution in [1.82, 2.24) is 14.3 Å². The first-order chi connectivity index (χ1) is 11.3. The summed E-state index contributed by atoms with van der Waals surface area (Å²) in [4.78, 5) is 17.9. The summed E-state index contributed by atoms with van der Waals surface area (Å²) in [5, 5.41) is -0.0623. The number of rotatable bonds is 4. The quantitative estimate of drug-likeness (QED) is 0.822. The Bertz CT molecular complexity index is 772. The topological polar surface area (TPSA) is 37.6 Å². The van der Waals surface area contributed by atoms with Crippen LogP contribution in [0, 0.1) is 5.92 Å². The molecule has 0 spiro atoms. The molecule has 8 heteroatoms. The van der Waals surface area contributed by atoms with Crippen molar-refractivity contribution in [1.29, 1.82) is 0 Å². The highest BCUT2D eigenvalue weighted by Crippen LogP contribution is 2.33. The number of pyridine rings is 1. The molecule has 1 atom stereocenters. The zero-order valence-electron chi connectivity index (χ0n) is 13.1. The van der Waals surface area contributed by atoms with Gasteiger partial charge in [-0.05, 0) is 18.4 Å².